The van der Waals surface area contributed by atoms with E-state index in [0.717, 1.165) is 50.7 Å². The van der Waals surface area contributed by atoms with Gasteiger partial charge in [0.25, 0.3) is 0 Å². The first-order valence-corrected chi connectivity index (χ1v) is 10.1. The fourth-order valence-corrected chi connectivity index (χ4v) is 4.83. The van der Waals surface area contributed by atoms with Crippen LogP contribution in [0.3, 0.4) is 0 Å². The lowest BCUT2D eigenvalue weighted by atomic mass is 9.68. The van der Waals surface area contributed by atoms with Gasteiger partial charge in [0.05, 0.1) is 6.67 Å². The van der Waals surface area contributed by atoms with E-state index in [2.05, 4.69) is 4.74 Å². The van der Waals surface area contributed by atoms with Crippen molar-refractivity contribution in [2.24, 2.45) is 17.8 Å². The summed E-state index contributed by atoms with van der Waals surface area (Å²) in [5, 5.41) is 0. The molecule has 0 bridgehead atoms. The molecule has 2 aliphatic carbocycles. The van der Waals surface area contributed by atoms with Gasteiger partial charge in [-0.05, 0) is 92.7 Å². The van der Waals surface area contributed by atoms with Gasteiger partial charge in [-0.2, -0.15) is 17.6 Å². The molecule has 2 saturated carbocycles. The Bertz CT molecular complexity index is 655. The zero-order valence-electron chi connectivity index (χ0n) is 16.0. The lowest BCUT2D eigenvalue weighted by Crippen LogP contribution is -2.34. The van der Waals surface area contributed by atoms with Gasteiger partial charge in [-0.25, -0.2) is 8.78 Å². The van der Waals surface area contributed by atoms with Crippen molar-refractivity contribution in [1.29, 1.82) is 0 Å². The third-order valence-corrected chi connectivity index (χ3v) is 6.53. The van der Waals surface area contributed by atoms with Crippen LogP contribution >= 0.6 is 0 Å². The molecular weight excluding hydrogens is 401 g/mol. The summed E-state index contributed by atoms with van der Waals surface area (Å²) >= 11 is 0. The van der Waals surface area contributed by atoms with Gasteiger partial charge in [-0.15, -0.1) is 0 Å². The van der Waals surface area contributed by atoms with Crippen LogP contribution in [-0.4, -0.2) is 19.2 Å². The monoisotopic (exact) mass is 426 g/mol. The second-order valence-electron chi connectivity index (χ2n) is 8.33. The fourth-order valence-electron chi connectivity index (χ4n) is 4.83. The number of alkyl halides is 5. The third kappa shape index (κ3) is 5.18. The molecule has 0 spiro atoms. The molecule has 29 heavy (non-hydrogen) atoms. The van der Waals surface area contributed by atoms with E-state index >= 15 is 0 Å². The predicted molar refractivity (Wildman–Crippen MR) is 94.1 cm³/mol. The number of benzene rings is 1. The van der Waals surface area contributed by atoms with Crippen LogP contribution in [-0.2, 0) is 0 Å². The summed E-state index contributed by atoms with van der Waals surface area (Å²) in [6.45, 7) is -0.264. The van der Waals surface area contributed by atoms with Gasteiger partial charge in [-0.1, -0.05) is 0 Å². The van der Waals surface area contributed by atoms with E-state index in [1.807, 2.05) is 0 Å². The SMILES string of the molecule is FCC1CCC(C2CCC(c3cc(F)c(OC(F)(F)C(F)F)c(F)c3)CC2)CC1. The molecule has 1 aromatic carbocycles. The molecule has 0 amide bonds. The standard InChI is InChI=1S/C21H25F7O/c22-11-12-1-3-13(4-2-12)14-5-7-15(8-6-14)16-9-17(23)19(18(24)10-16)29-21(27,28)20(25)26/h9-10,12-15,20H,1-8,11H2. The molecule has 0 atom stereocenters. The predicted octanol–water partition coefficient (Wildman–Crippen LogP) is 7.25. The topological polar surface area (TPSA) is 9.23 Å². The largest absolute Gasteiger partial charge is 0.461 e. The zero-order chi connectivity index (χ0) is 21.2. The highest BCUT2D eigenvalue weighted by molar-refractivity contribution is 5.33. The van der Waals surface area contributed by atoms with Crippen molar-refractivity contribution in [2.45, 2.75) is 69.8 Å². The van der Waals surface area contributed by atoms with Crippen molar-refractivity contribution in [1.82, 2.24) is 0 Å². The molecule has 1 aromatic rings. The maximum Gasteiger partial charge on any atom is 0.461 e. The summed E-state index contributed by atoms with van der Waals surface area (Å²) in [4.78, 5) is 0. The first-order valence-electron chi connectivity index (χ1n) is 10.1. The van der Waals surface area contributed by atoms with E-state index in [9.17, 15) is 30.7 Å². The van der Waals surface area contributed by atoms with Crippen molar-refractivity contribution in [2.75, 3.05) is 6.67 Å². The van der Waals surface area contributed by atoms with E-state index < -0.39 is 29.9 Å². The van der Waals surface area contributed by atoms with E-state index in [0.29, 0.717) is 30.2 Å². The van der Waals surface area contributed by atoms with Crippen LogP contribution in [0, 0.1) is 29.4 Å². The zero-order valence-corrected chi connectivity index (χ0v) is 16.0. The van der Waals surface area contributed by atoms with Gasteiger partial charge in [0, 0.05) is 0 Å². The van der Waals surface area contributed by atoms with Crippen LogP contribution in [0.4, 0.5) is 30.7 Å². The minimum atomic E-state index is -4.97. The molecule has 0 radical (unpaired) electrons. The van der Waals surface area contributed by atoms with E-state index in [4.69, 9.17) is 0 Å². The van der Waals surface area contributed by atoms with Crippen molar-refractivity contribution in [3.05, 3.63) is 29.3 Å². The van der Waals surface area contributed by atoms with Gasteiger partial charge >= 0.3 is 12.5 Å². The third-order valence-electron chi connectivity index (χ3n) is 6.53. The Labute approximate surface area is 165 Å². The molecule has 8 heteroatoms. The maximum atomic E-state index is 14.1. The van der Waals surface area contributed by atoms with Crippen LogP contribution in [0.2, 0.25) is 0 Å². The highest BCUT2D eigenvalue weighted by Crippen LogP contribution is 2.44. The number of hydrogen-bond donors (Lipinski definition) is 0. The quantitative estimate of drug-likeness (QED) is 0.435. The maximum absolute atomic E-state index is 14.1. The lowest BCUT2D eigenvalue weighted by Gasteiger charge is -2.37. The molecule has 0 N–H and O–H groups in total. The Morgan fingerprint density at radius 2 is 1.34 bits per heavy atom. The Morgan fingerprint density at radius 1 is 0.862 bits per heavy atom. The van der Waals surface area contributed by atoms with Gasteiger partial charge in [0.1, 0.15) is 0 Å². The minimum absolute atomic E-state index is 0.123. The molecule has 3 rings (SSSR count). The molecule has 1 nitrogen and oxygen atoms in total. The van der Waals surface area contributed by atoms with Gasteiger partial charge < -0.3 is 4.74 Å². The summed E-state index contributed by atoms with van der Waals surface area (Å²) in [7, 11) is 0. The van der Waals surface area contributed by atoms with Crippen LogP contribution in [0.1, 0.15) is 62.8 Å². The summed E-state index contributed by atoms with van der Waals surface area (Å²) in [5.74, 6) is -3.20. The molecular formula is C21H25F7O. The minimum Gasteiger partial charge on any atom is -0.422 e. The highest BCUT2D eigenvalue weighted by atomic mass is 19.3. The summed E-state index contributed by atoms with van der Waals surface area (Å²) < 4.78 is 95.1. The molecule has 0 aromatic heterocycles. The number of ether oxygens (including phenoxy) is 1. The molecule has 0 saturated heterocycles. The molecule has 0 unspecified atom stereocenters. The summed E-state index contributed by atoms with van der Waals surface area (Å²) in [6.07, 6.45) is -2.14. The Kier molecular flexibility index (Phi) is 6.99. The average molecular weight is 426 g/mol. The Balaban J connectivity index is 1.61. The summed E-state index contributed by atoms with van der Waals surface area (Å²) in [5.41, 5.74) is 0.326. The number of hydrogen-bond acceptors (Lipinski definition) is 1. The van der Waals surface area contributed by atoms with Crippen LogP contribution < -0.4 is 4.74 Å². The molecule has 0 heterocycles. The number of rotatable bonds is 6. The van der Waals surface area contributed by atoms with Gasteiger partial charge in [0.2, 0.25) is 0 Å². The first-order chi connectivity index (χ1) is 13.7. The first kappa shape index (κ1) is 22.2. The molecule has 164 valence electrons. The van der Waals surface area contributed by atoms with Crippen LogP contribution in [0.25, 0.3) is 0 Å². The van der Waals surface area contributed by atoms with Crippen molar-refractivity contribution >= 4 is 0 Å². The fraction of sp³-hybridized carbons (Fsp3) is 0.714. The van der Waals surface area contributed by atoms with Crippen molar-refractivity contribution < 1.29 is 35.5 Å². The van der Waals surface area contributed by atoms with Crippen LogP contribution in [0.5, 0.6) is 5.75 Å². The Hall–Kier alpha value is -1.47. The average Bonchev–Trinajstić information content (AvgIpc) is 2.70. The van der Waals surface area contributed by atoms with Gasteiger partial charge in [-0.3, -0.25) is 4.39 Å². The lowest BCUT2D eigenvalue weighted by molar-refractivity contribution is -0.255. The van der Waals surface area contributed by atoms with Crippen molar-refractivity contribution in [3.63, 3.8) is 0 Å². The Morgan fingerprint density at radius 3 is 1.79 bits per heavy atom. The smallest absolute Gasteiger partial charge is 0.422 e. The summed E-state index contributed by atoms with van der Waals surface area (Å²) in [6, 6.07) is 1.80. The van der Waals surface area contributed by atoms with Crippen LogP contribution in [0.15, 0.2) is 12.1 Å². The molecule has 2 aliphatic rings. The second-order valence-corrected chi connectivity index (χ2v) is 8.33. The van der Waals surface area contributed by atoms with E-state index in [1.165, 1.54) is 0 Å². The highest BCUT2D eigenvalue weighted by Gasteiger charge is 2.45. The van der Waals surface area contributed by atoms with Crippen molar-refractivity contribution in [3.8, 4) is 5.75 Å². The molecule has 2 fully saturated rings. The number of halogens is 7. The van der Waals surface area contributed by atoms with E-state index in [-0.39, 0.29) is 18.5 Å². The second kappa shape index (κ2) is 9.13. The van der Waals surface area contributed by atoms with E-state index in [1.54, 1.807) is 0 Å². The molecule has 0 aliphatic heterocycles. The normalized spacial score (nSPS) is 28.6. The van der Waals surface area contributed by atoms with Gasteiger partial charge in [0.15, 0.2) is 17.4 Å².